The number of rotatable bonds is 6. The van der Waals surface area contributed by atoms with Crippen LogP contribution in [0.4, 0.5) is 0 Å². The molecule has 0 radical (unpaired) electrons. The van der Waals surface area contributed by atoms with Gasteiger partial charge in [0.05, 0.1) is 6.61 Å². The third kappa shape index (κ3) is 4.93. The molecule has 17 heavy (non-hydrogen) atoms. The van der Waals surface area contributed by atoms with Gasteiger partial charge >= 0.3 is 5.97 Å². The largest absolute Gasteiger partial charge is 0.462 e. The minimum Gasteiger partial charge on any atom is -0.462 e. The quantitative estimate of drug-likeness (QED) is 0.393. The molecule has 0 aromatic rings. The molecule has 0 amide bonds. The van der Waals surface area contributed by atoms with Gasteiger partial charge in [-0.15, -0.1) is 0 Å². The van der Waals surface area contributed by atoms with E-state index in [-0.39, 0.29) is 5.97 Å². The number of unbranched alkanes of at least 4 members (excludes halogenated alkanes) is 2. The molecule has 1 aliphatic rings. The van der Waals surface area contributed by atoms with E-state index < -0.39 is 0 Å². The van der Waals surface area contributed by atoms with Crippen LogP contribution in [-0.2, 0) is 9.53 Å². The summed E-state index contributed by atoms with van der Waals surface area (Å²) < 4.78 is 5.34. The summed E-state index contributed by atoms with van der Waals surface area (Å²) in [5.74, 6) is 0.378. The first-order chi connectivity index (χ1) is 8.29. The summed E-state index contributed by atoms with van der Waals surface area (Å²) >= 11 is 0. The van der Waals surface area contributed by atoms with Gasteiger partial charge in [-0.05, 0) is 32.1 Å². The SMILES string of the molecule is CC=C(C(=O)OCCCCC)C1CCCCC1. The first-order valence-corrected chi connectivity index (χ1v) is 7.13. The lowest BCUT2D eigenvalue weighted by atomic mass is 9.83. The van der Waals surface area contributed by atoms with Crippen molar-refractivity contribution in [3.63, 3.8) is 0 Å². The highest BCUT2D eigenvalue weighted by atomic mass is 16.5. The first kappa shape index (κ1) is 14.3. The summed E-state index contributed by atoms with van der Waals surface area (Å²) in [6, 6.07) is 0. The molecule has 0 atom stereocenters. The van der Waals surface area contributed by atoms with Crippen molar-refractivity contribution in [2.75, 3.05) is 6.61 Å². The molecule has 1 aliphatic carbocycles. The van der Waals surface area contributed by atoms with Gasteiger partial charge in [0.25, 0.3) is 0 Å². The average Bonchev–Trinajstić information content (AvgIpc) is 2.37. The van der Waals surface area contributed by atoms with Crippen molar-refractivity contribution in [3.05, 3.63) is 11.6 Å². The van der Waals surface area contributed by atoms with Gasteiger partial charge in [0, 0.05) is 5.57 Å². The van der Waals surface area contributed by atoms with Gasteiger partial charge in [-0.25, -0.2) is 4.79 Å². The average molecular weight is 238 g/mol. The number of carbonyl (C=O) groups excluding carboxylic acids is 1. The molecule has 2 nitrogen and oxygen atoms in total. The Morgan fingerprint density at radius 1 is 1.24 bits per heavy atom. The van der Waals surface area contributed by atoms with Gasteiger partial charge in [0.2, 0.25) is 0 Å². The van der Waals surface area contributed by atoms with E-state index in [0.717, 1.165) is 37.7 Å². The summed E-state index contributed by atoms with van der Waals surface area (Å²) in [5.41, 5.74) is 0.918. The predicted octanol–water partition coefficient (Wildman–Crippen LogP) is 4.25. The Bertz CT molecular complexity index is 250. The second-order valence-corrected chi connectivity index (χ2v) is 4.92. The van der Waals surface area contributed by atoms with Crippen LogP contribution in [0.3, 0.4) is 0 Å². The van der Waals surface area contributed by atoms with Crippen LogP contribution in [0.25, 0.3) is 0 Å². The Labute approximate surface area is 105 Å². The third-order valence-electron chi connectivity index (χ3n) is 3.57. The van der Waals surface area contributed by atoms with Crippen molar-refractivity contribution in [2.45, 2.75) is 65.2 Å². The number of ether oxygens (including phenoxy) is 1. The molecule has 0 bridgehead atoms. The van der Waals surface area contributed by atoms with Crippen LogP contribution < -0.4 is 0 Å². The summed E-state index contributed by atoms with van der Waals surface area (Å²) in [5, 5.41) is 0. The molecule has 0 N–H and O–H groups in total. The lowest BCUT2D eigenvalue weighted by Crippen LogP contribution is -2.18. The lowest BCUT2D eigenvalue weighted by Gasteiger charge is -2.23. The van der Waals surface area contributed by atoms with Gasteiger partial charge in [-0.3, -0.25) is 0 Å². The summed E-state index contributed by atoms with van der Waals surface area (Å²) in [6.45, 7) is 4.69. The molecule has 0 spiro atoms. The first-order valence-electron chi connectivity index (χ1n) is 7.13. The number of hydrogen-bond donors (Lipinski definition) is 0. The van der Waals surface area contributed by atoms with Crippen LogP contribution in [0.5, 0.6) is 0 Å². The zero-order valence-electron chi connectivity index (χ0n) is 11.3. The van der Waals surface area contributed by atoms with Crippen LogP contribution in [-0.4, -0.2) is 12.6 Å². The van der Waals surface area contributed by atoms with Crippen LogP contribution in [0, 0.1) is 5.92 Å². The van der Waals surface area contributed by atoms with E-state index in [0.29, 0.717) is 12.5 Å². The van der Waals surface area contributed by atoms with E-state index >= 15 is 0 Å². The minimum atomic E-state index is -0.0736. The van der Waals surface area contributed by atoms with Crippen LogP contribution in [0.2, 0.25) is 0 Å². The van der Waals surface area contributed by atoms with Gasteiger partial charge < -0.3 is 4.74 Å². The maximum Gasteiger partial charge on any atom is 0.333 e. The lowest BCUT2D eigenvalue weighted by molar-refractivity contribution is -0.140. The van der Waals surface area contributed by atoms with Crippen LogP contribution in [0.1, 0.15) is 65.2 Å². The summed E-state index contributed by atoms with van der Waals surface area (Å²) in [7, 11) is 0. The highest BCUT2D eigenvalue weighted by Gasteiger charge is 2.23. The van der Waals surface area contributed by atoms with E-state index in [1.807, 2.05) is 13.0 Å². The monoisotopic (exact) mass is 238 g/mol. The molecule has 0 aromatic heterocycles. The number of allylic oxidation sites excluding steroid dienone is 1. The maximum absolute atomic E-state index is 11.9. The van der Waals surface area contributed by atoms with Gasteiger partial charge in [-0.2, -0.15) is 0 Å². The van der Waals surface area contributed by atoms with Crippen molar-refractivity contribution in [1.82, 2.24) is 0 Å². The van der Waals surface area contributed by atoms with Crippen LogP contribution in [0.15, 0.2) is 11.6 Å². The highest BCUT2D eigenvalue weighted by Crippen LogP contribution is 2.30. The number of esters is 1. The Balaban J connectivity index is 2.35. The molecular weight excluding hydrogens is 212 g/mol. The van der Waals surface area contributed by atoms with Crippen molar-refractivity contribution in [3.8, 4) is 0 Å². The van der Waals surface area contributed by atoms with E-state index in [1.54, 1.807) is 0 Å². The molecule has 0 saturated heterocycles. The van der Waals surface area contributed by atoms with Gasteiger partial charge in [0.15, 0.2) is 0 Å². The molecule has 0 aliphatic heterocycles. The minimum absolute atomic E-state index is 0.0736. The van der Waals surface area contributed by atoms with Crippen molar-refractivity contribution in [1.29, 1.82) is 0 Å². The Morgan fingerprint density at radius 3 is 2.53 bits per heavy atom. The fraction of sp³-hybridized carbons (Fsp3) is 0.800. The molecular formula is C15H26O2. The Hall–Kier alpha value is -0.790. The molecule has 0 aromatic carbocycles. The fourth-order valence-electron chi connectivity index (χ4n) is 2.53. The number of hydrogen-bond acceptors (Lipinski definition) is 2. The van der Waals surface area contributed by atoms with Gasteiger partial charge in [-0.1, -0.05) is 45.1 Å². The standard InChI is InChI=1S/C15H26O2/c1-3-5-9-12-17-15(16)14(4-2)13-10-7-6-8-11-13/h4,13H,3,5-12H2,1-2H3. The summed E-state index contributed by atoms with van der Waals surface area (Å²) in [4.78, 5) is 11.9. The Kier molecular flexibility index (Phi) is 6.99. The molecule has 98 valence electrons. The smallest absolute Gasteiger partial charge is 0.333 e. The maximum atomic E-state index is 11.9. The molecule has 1 rings (SSSR count). The molecule has 1 fully saturated rings. The normalized spacial score (nSPS) is 18.1. The molecule has 0 heterocycles. The molecule has 0 unspecified atom stereocenters. The second kappa shape index (κ2) is 8.32. The van der Waals surface area contributed by atoms with E-state index in [1.165, 1.54) is 19.3 Å². The van der Waals surface area contributed by atoms with E-state index in [2.05, 4.69) is 6.92 Å². The second-order valence-electron chi connectivity index (χ2n) is 4.92. The van der Waals surface area contributed by atoms with Crippen molar-refractivity contribution in [2.24, 2.45) is 5.92 Å². The fourth-order valence-corrected chi connectivity index (χ4v) is 2.53. The van der Waals surface area contributed by atoms with Crippen LogP contribution >= 0.6 is 0 Å². The zero-order chi connectivity index (χ0) is 12.5. The predicted molar refractivity (Wildman–Crippen MR) is 70.8 cm³/mol. The van der Waals surface area contributed by atoms with E-state index in [4.69, 9.17) is 4.74 Å². The molecule has 1 saturated carbocycles. The third-order valence-corrected chi connectivity index (χ3v) is 3.57. The topological polar surface area (TPSA) is 26.3 Å². The van der Waals surface area contributed by atoms with E-state index in [9.17, 15) is 4.79 Å². The summed E-state index contributed by atoms with van der Waals surface area (Å²) in [6.07, 6.45) is 11.4. The van der Waals surface area contributed by atoms with Crippen molar-refractivity contribution >= 4 is 5.97 Å². The van der Waals surface area contributed by atoms with Crippen molar-refractivity contribution < 1.29 is 9.53 Å². The molecule has 2 heteroatoms. The van der Waals surface area contributed by atoms with Gasteiger partial charge in [0.1, 0.15) is 0 Å². The Morgan fingerprint density at radius 2 is 1.94 bits per heavy atom. The zero-order valence-corrected chi connectivity index (χ0v) is 11.3. The highest BCUT2D eigenvalue weighted by molar-refractivity contribution is 5.88. The number of carbonyl (C=O) groups is 1.